The number of carbonyl (C=O) groups is 1. The van der Waals surface area contributed by atoms with Crippen LogP contribution in [0.3, 0.4) is 0 Å². The van der Waals surface area contributed by atoms with E-state index in [0.29, 0.717) is 11.1 Å². The number of hydrogen-bond acceptors (Lipinski definition) is 3. The number of carboxylic acid groups (broad SMARTS) is 1. The molecule has 20 heavy (non-hydrogen) atoms. The fourth-order valence-corrected chi connectivity index (χ4v) is 1.64. The van der Waals surface area contributed by atoms with Gasteiger partial charge in [0.05, 0.1) is 12.9 Å². The third-order valence-electron chi connectivity index (χ3n) is 2.63. The van der Waals surface area contributed by atoms with E-state index in [2.05, 4.69) is 4.98 Å². The minimum Gasteiger partial charge on any atom is -0.478 e. The van der Waals surface area contributed by atoms with Gasteiger partial charge in [0.25, 0.3) is 5.56 Å². The second kappa shape index (κ2) is 5.92. The molecule has 1 heterocycles. The largest absolute Gasteiger partial charge is 0.478 e. The molecule has 0 saturated carbocycles. The van der Waals surface area contributed by atoms with Gasteiger partial charge in [-0.25, -0.2) is 14.2 Å². The molecule has 6 heteroatoms. The van der Waals surface area contributed by atoms with Crippen LogP contribution in [0.1, 0.15) is 11.1 Å². The lowest BCUT2D eigenvalue weighted by Crippen LogP contribution is -2.19. The minimum atomic E-state index is -1.10. The molecule has 1 aromatic heterocycles. The third-order valence-corrected chi connectivity index (χ3v) is 2.63. The minimum absolute atomic E-state index is 0.0709. The van der Waals surface area contributed by atoms with Crippen molar-refractivity contribution < 1.29 is 14.3 Å². The predicted octanol–water partition coefficient (Wildman–Crippen LogP) is 1.53. The lowest BCUT2D eigenvalue weighted by atomic mass is 10.1. The summed E-state index contributed by atoms with van der Waals surface area (Å²) in [5, 5.41) is 8.50. The Morgan fingerprint density at radius 2 is 2.20 bits per heavy atom. The van der Waals surface area contributed by atoms with E-state index in [-0.39, 0.29) is 12.1 Å². The Labute approximate surface area is 113 Å². The van der Waals surface area contributed by atoms with Crippen molar-refractivity contribution in [3.63, 3.8) is 0 Å². The summed E-state index contributed by atoms with van der Waals surface area (Å²) in [6.45, 7) is 0.0709. The molecule has 1 N–H and O–H groups in total. The van der Waals surface area contributed by atoms with Crippen molar-refractivity contribution in [3.05, 3.63) is 70.2 Å². The van der Waals surface area contributed by atoms with Gasteiger partial charge in [-0.15, -0.1) is 0 Å². The van der Waals surface area contributed by atoms with Crippen molar-refractivity contribution in [3.8, 4) is 0 Å². The zero-order valence-electron chi connectivity index (χ0n) is 10.4. The van der Waals surface area contributed by atoms with Crippen LogP contribution in [0.2, 0.25) is 0 Å². The second-order valence-electron chi connectivity index (χ2n) is 4.07. The van der Waals surface area contributed by atoms with Gasteiger partial charge in [0.15, 0.2) is 0 Å². The average Bonchev–Trinajstić information content (AvgIpc) is 2.41. The summed E-state index contributed by atoms with van der Waals surface area (Å²) in [6, 6.07) is 5.60. The summed E-state index contributed by atoms with van der Waals surface area (Å²) in [5.74, 6) is -1.61. The molecule has 5 nitrogen and oxygen atoms in total. The maximum atomic E-state index is 13.9. The van der Waals surface area contributed by atoms with Gasteiger partial charge >= 0.3 is 5.97 Å². The van der Waals surface area contributed by atoms with E-state index < -0.39 is 11.8 Å². The first-order valence-electron chi connectivity index (χ1n) is 5.76. The summed E-state index contributed by atoms with van der Waals surface area (Å²) in [7, 11) is 0. The van der Waals surface area contributed by atoms with Gasteiger partial charge < -0.3 is 5.11 Å². The van der Waals surface area contributed by atoms with Gasteiger partial charge in [0, 0.05) is 23.9 Å². The number of rotatable bonds is 4. The lowest BCUT2D eigenvalue weighted by molar-refractivity contribution is -0.131. The molecule has 1 aromatic carbocycles. The molecule has 0 bridgehead atoms. The van der Waals surface area contributed by atoms with Gasteiger partial charge in [0.2, 0.25) is 0 Å². The Morgan fingerprint density at radius 1 is 1.40 bits per heavy atom. The van der Waals surface area contributed by atoms with E-state index in [9.17, 15) is 14.0 Å². The molecule has 0 radical (unpaired) electrons. The van der Waals surface area contributed by atoms with Crippen LogP contribution in [0.15, 0.2) is 47.7 Å². The summed E-state index contributed by atoms with van der Waals surface area (Å²) in [4.78, 5) is 25.7. The van der Waals surface area contributed by atoms with E-state index in [0.717, 1.165) is 6.08 Å². The zero-order chi connectivity index (χ0) is 14.5. The fourth-order valence-electron chi connectivity index (χ4n) is 1.64. The molecule has 0 aliphatic rings. The number of hydrogen-bond donors (Lipinski definition) is 1. The standard InChI is InChI=1S/C14H11FN2O3/c15-12-7-10(2-4-14(19)20)1-3-11(12)8-17-9-16-6-5-13(17)18/h1-7,9H,8H2,(H,19,20). The number of benzene rings is 1. The molecule has 102 valence electrons. The number of carboxylic acids is 1. The van der Waals surface area contributed by atoms with Crippen LogP contribution in [0, 0.1) is 5.82 Å². The zero-order valence-corrected chi connectivity index (χ0v) is 10.4. The van der Waals surface area contributed by atoms with Gasteiger partial charge in [0.1, 0.15) is 5.82 Å². The molecule has 0 amide bonds. The molecule has 0 aliphatic heterocycles. The summed E-state index contributed by atoms with van der Waals surface area (Å²) in [6.07, 6.45) is 4.93. The van der Waals surface area contributed by atoms with Crippen LogP contribution in [-0.2, 0) is 11.3 Å². The van der Waals surface area contributed by atoms with Crippen LogP contribution >= 0.6 is 0 Å². The first-order valence-corrected chi connectivity index (χ1v) is 5.76. The van der Waals surface area contributed by atoms with Crippen LogP contribution in [0.5, 0.6) is 0 Å². The predicted molar refractivity (Wildman–Crippen MR) is 70.7 cm³/mol. The number of aromatic nitrogens is 2. The van der Waals surface area contributed by atoms with Crippen molar-refractivity contribution in [1.29, 1.82) is 0 Å². The Morgan fingerprint density at radius 3 is 2.85 bits per heavy atom. The summed E-state index contributed by atoms with van der Waals surface area (Å²) < 4.78 is 15.2. The van der Waals surface area contributed by atoms with Crippen LogP contribution < -0.4 is 5.56 Å². The molecule has 0 fully saturated rings. The van der Waals surface area contributed by atoms with E-state index in [1.54, 1.807) is 6.07 Å². The molecule has 2 aromatic rings. The molecule has 0 saturated heterocycles. The van der Waals surface area contributed by atoms with Crippen molar-refractivity contribution in [2.45, 2.75) is 6.54 Å². The van der Waals surface area contributed by atoms with E-state index in [4.69, 9.17) is 5.11 Å². The number of nitrogens with zero attached hydrogens (tertiary/aromatic N) is 2. The maximum Gasteiger partial charge on any atom is 0.328 e. The van der Waals surface area contributed by atoms with E-state index in [1.807, 2.05) is 0 Å². The van der Waals surface area contributed by atoms with Crippen LogP contribution in [0.4, 0.5) is 4.39 Å². The SMILES string of the molecule is O=C(O)C=Cc1ccc(Cn2cnccc2=O)c(F)c1. The highest BCUT2D eigenvalue weighted by molar-refractivity contribution is 5.85. The first-order chi connectivity index (χ1) is 9.56. The van der Waals surface area contributed by atoms with Gasteiger partial charge in [-0.1, -0.05) is 12.1 Å². The normalized spacial score (nSPS) is 10.8. The highest BCUT2D eigenvalue weighted by atomic mass is 19.1. The molecule has 0 unspecified atom stereocenters. The van der Waals surface area contributed by atoms with Gasteiger partial charge in [-0.2, -0.15) is 0 Å². The third kappa shape index (κ3) is 3.38. The Balaban J connectivity index is 2.24. The van der Waals surface area contributed by atoms with Gasteiger partial charge in [-0.05, 0) is 17.7 Å². The van der Waals surface area contributed by atoms with Crippen molar-refractivity contribution in [2.75, 3.05) is 0 Å². The summed E-state index contributed by atoms with van der Waals surface area (Å²) >= 11 is 0. The summed E-state index contributed by atoms with van der Waals surface area (Å²) in [5.41, 5.74) is 0.494. The Kier molecular flexibility index (Phi) is 4.05. The second-order valence-corrected chi connectivity index (χ2v) is 4.07. The van der Waals surface area contributed by atoms with Crippen molar-refractivity contribution in [2.24, 2.45) is 0 Å². The van der Waals surface area contributed by atoms with Gasteiger partial charge in [-0.3, -0.25) is 9.36 Å². The first kappa shape index (κ1) is 13.7. The number of aliphatic carboxylic acids is 1. The quantitative estimate of drug-likeness (QED) is 0.858. The van der Waals surface area contributed by atoms with Crippen molar-refractivity contribution >= 4 is 12.0 Å². The highest BCUT2D eigenvalue weighted by Gasteiger charge is 2.05. The topological polar surface area (TPSA) is 72.2 Å². The smallest absolute Gasteiger partial charge is 0.328 e. The van der Waals surface area contributed by atoms with Crippen molar-refractivity contribution in [1.82, 2.24) is 9.55 Å². The average molecular weight is 274 g/mol. The van der Waals surface area contributed by atoms with Crippen LogP contribution in [-0.4, -0.2) is 20.6 Å². The fraction of sp³-hybridized carbons (Fsp3) is 0.0714. The van der Waals surface area contributed by atoms with Crippen LogP contribution in [0.25, 0.3) is 6.08 Å². The van der Waals surface area contributed by atoms with E-state index >= 15 is 0 Å². The highest BCUT2D eigenvalue weighted by Crippen LogP contribution is 2.12. The Bertz CT molecular complexity index is 722. The lowest BCUT2D eigenvalue weighted by Gasteiger charge is -2.06. The molecule has 2 rings (SSSR count). The van der Waals surface area contributed by atoms with E-state index in [1.165, 1.54) is 41.4 Å². The molecular formula is C14H11FN2O3. The molecule has 0 aliphatic carbocycles. The molecule has 0 atom stereocenters. The molecule has 0 spiro atoms. The number of halogens is 1. The monoisotopic (exact) mass is 274 g/mol. The maximum absolute atomic E-state index is 13.9. The molecular weight excluding hydrogens is 263 g/mol. The Hall–Kier alpha value is -2.76.